The Morgan fingerprint density at radius 2 is 2.00 bits per heavy atom. The average Bonchev–Trinajstić information content (AvgIpc) is 2.90. The number of hydrogen-bond acceptors (Lipinski definition) is 1. The van der Waals surface area contributed by atoms with E-state index in [4.69, 9.17) is 0 Å². The van der Waals surface area contributed by atoms with E-state index in [9.17, 15) is 4.79 Å². The number of aryl methyl sites for hydroxylation is 1. The van der Waals surface area contributed by atoms with Crippen LogP contribution in [-0.2, 0) is 5.54 Å². The van der Waals surface area contributed by atoms with Gasteiger partial charge in [-0.3, -0.25) is 4.79 Å². The Morgan fingerprint density at radius 1 is 1.40 bits per heavy atom. The molecule has 0 bridgehead atoms. The molecule has 0 aromatic carbocycles. The highest BCUT2D eigenvalue weighted by molar-refractivity contribution is 5.77. The predicted molar refractivity (Wildman–Crippen MR) is 61.3 cm³/mol. The molecule has 0 spiro atoms. The van der Waals surface area contributed by atoms with Crippen molar-refractivity contribution in [3.63, 3.8) is 0 Å². The summed E-state index contributed by atoms with van der Waals surface area (Å²) in [5, 5.41) is 0. The van der Waals surface area contributed by atoms with Gasteiger partial charge in [0.2, 0.25) is 0 Å². The van der Waals surface area contributed by atoms with Gasteiger partial charge >= 0.3 is 0 Å². The molecule has 2 heteroatoms. The highest BCUT2D eigenvalue weighted by atomic mass is 16.1. The van der Waals surface area contributed by atoms with Crippen LogP contribution in [0.1, 0.15) is 48.4 Å². The van der Waals surface area contributed by atoms with Gasteiger partial charge < -0.3 is 4.57 Å². The molecule has 1 heterocycles. The molecule has 0 radical (unpaired) electrons. The Kier molecular flexibility index (Phi) is 2.25. The van der Waals surface area contributed by atoms with Crippen LogP contribution in [0.25, 0.3) is 0 Å². The lowest BCUT2D eigenvalue weighted by atomic mass is 10.0. The Bertz CT molecular complexity index is 397. The zero-order valence-electron chi connectivity index (χ0n) is 10.0. The SMILES string of the molecule is Cc1cc(C=O)c(C)n1C1(C(C)C)CC1. The van der Waals surface area contributed by atoms with Crippen LogP contribution in [0.15, 0.2) is 6.07 Å². The highest BCUT2D eigenvalue weighted by Gasteiger charge is 2.48. The fourth-order valence-electron chi connectivity index (χ4n) is 2.78. The summed E-state index contributed by atoms with van der Waals surface area (Å²) < 4.78 is 2.38. The number of aldehydes is 1. The fourth-order valence-corrected chi connectivity index (χ4v) is 2.78. The van der Waals surface area contributed by atoms with Crippen molar-refractivity contribution in [3.8, 4) is 0 Å². The number of rotatable bonds is 3. The molecule has 0 aliphatic heterocycles. The van der Waals surface area contributed by atoms with E-state index in [1.54, 1.807) is 0 Å². The first-order chi connectivity index (χ1) is 7.03. The Hall–Kier alpha value is -1.05. The molecule has 82 valence electrons. The van der Waals surface area contributed by atoms with Crippen molar-refractivity contribution in [1.29, 1.82) is 0 Å². The zero-order chi connectivity index (χ0) is 11.2. The van der Waals surface area contributed by atoms with Crippen molar-refractivity contribution >= 4 is 6.29 Å². The van der Waals surface area contributed by atoms with E-state index in [2.05, 4.69) is 32.3 Å². The lowest BCUT2D eigenvalue weighted by Gasteiger charge is -2.26. The van der Waals surface area contributed by atoms with Crippen LogP contribution in [0, 0.1) is 19.8 Å². The van der Waals surface area contributed by atoms with Crippen LogP contribution < -0.4 is 0 Å². The third-order valence-corrected chi connectivity index (χ3v) is 3.88. The predicted octanol–water partition coefficient (Wildman–Crippen LogP) is 3.06. The molecule has 15 heavy (non-hydrogen) atoms. The molecular weight excluding hydrogens is 186 g/mol. The zero-order valence-corrected chi connectivity index (χ0v) is 10.0. The molecule has 0 N–H and O–H groups in total. The maximum atomic E-state index is 10.9. The van der Waals surface area contributed by atoms with Gasteiger partial charge in [-0.05, 0) is 38.7 Å². The van der Waals surface area contributed by atoms with E-state index in [1.807, 2.05) is 6.07 Å². The normalized spacial score (nSPS) is 18.2. The first-order valence-corrected chi connectivity index (χ1v) is 5.67. The minimum Gasteiger partial charge on any atom is -0.342 e. The lowest BCUT2D eigenvalue weighted by molar-refractivity contribution is 0.112. The topological polar surface area (TPSA) is 22.0 Å². The summed E-state index contributed by atoms with van der Waals surface area (Å²) in [6.07, 6.45) is 3.47. The standard InChI is InChI=1S/C13H19NO/c1-9(2)13(5-6-13)14-10(3)7-12(8-15)11(14)4/h7-9H,5-6H2,1-4H3. The van der Waals surface area contributed by atoms with Crippen molar-refractivity contribution < 1.29 is 4.79 Å². The quantitative estimate of drug-likeness (QED) is 0.695. The lowest BCUT2D eigenvalue weighted by Crippen LogP contribution is -2.25. The number of carbonyl (C=O) groups excluding carboxylic acids is 1. The van der Waals surface area contributed by atoms with Gasteiger partial charge in [-0.25, -0.2) is 0 Å². The second kappa shape index (κ2) is 3.22. The van der Waals surface area contributed by atoms with E-state index < -0.39 is 0 Å². The van der Waals surface area contributed by atoms with Crippen molar-refractivity contribution in [2.24, 2.45) is 5.92 Å². The second-order valence-electron chi connectivity index (χ2n) is 5.04. The highest BCUT2D eigenvalue weighted by Crippen LogP contribution is 2.51. The number of carbonyl (C=O) groups is 1. The molecule has 1 aromatic heterocycles. The van der Waals surface area contributed by atoms with Gasteiger partial charge in [-0.1, -0.05) is 13.8 Å². The summed E-state index contributed by atoms with van der Waals surface area (Å²) in [6, 6.07) is 2.00. The van der Waals surface area contributed by atoms with Crippen LogP contribution >= 0.6 is 0 Å². The van der Waals surface area contributed by atoms with Gasteiger partial charge in [0.1, 0.15) is 0 Å². The number of nitrogens with zero attached hydrogens (tertiary/aromatic N) is 1. The van der Waals surface area contributed by atoms with Crippen LogP contribution in [0.2, 0.25) is 0 Å². The minimum atomic E-state index is 0.301. The molecule has 0 saturated heterocycles. The molecule has 1 aliphatic rings. The summed E-state index contributed by atoms with van der Waals surface area (Å²) in [5.74, 6) is 0.641. The van der Waals surface area contributed by atoms with Gasteiger partial charge in [-0.15, -0.1) is 0 Å². The number of hydrogen-bond donors (Lipinski definition) is 0. The van der Waals surface area contributed by atoms with Crippen LogP contribution in [0.3, 0.4) is 0 Å². The third-order valence-electron chi connectivity index (χ3n) is 3.88. The maximum absolute atomic E-state index is 10.9. The van der Waals surface area contributed by atoms with Crippen molar-refractivity contribution in [1.82, 2.24) is 4.57 Å². The van der Waals surface area contributed by atoms with Crippen LogP contribution in [0.5, 0.6) is 0 Å². The van der Waals surface area contributed by atoms with Gasteiger partial charge in [-0.2, -0.15) is 0 Å². The second-order valence-corrected chi connectivity index (χ2v) is 5.04. The van der Waals surface area contributed by atoms with E-state index >= 15 is 0 Å². The van der Waals surface area contributed by atoms with E-state index in [0.29, 0.717) is 11.5 Å². The van der Waals surface area contributed by atoms with Gasteiger partial charge in [0.15, 0.2) is 6.29 Å². The van der Waals surface area contributed by atoms with Crippen molar-refractivity contribution in [2.75, 3.05) is 0 Å². The minimum absolute atomic E-state index is 0.301. The third kappa shape index (κ3) is 1.35. The van der Waals surface area contributed by atoms with Crippen molar-refractivity contribution in [2.45, 2.75) is 46.1 Å². The Labute approximate surface area is 91.3 Å². The maximum Gasteiger partial charge on any atom is 0.151 e. The summed E-state index contributed by atoms with van der Waals surface area (Å²) in [7, 11) is 0. The fraction of sp³-hybridized carbons (Fsp3) is 0.615. The average molecular weight is 205 g/mol. The molecule has 0 amide bonds. The van der Waals surface area contributed by atoms with E-state index in [0.717, 1.165) is 17.5 Å². The molecule has 1 saturated carbocycles. The molecule has 1 aliphatic carbocycles. The van der Waals surface area contributed by atoms with Crippen LogP contribution in [0.4, 0.5) is 0 Å². The van der Waals surface area contributed by atoms with E-state index in [1.165, 1.54) is 18.5 Å². The smallest absolute Gasteiger partial charge is 0.151 e. The molecule has 0 unspecified atom stereocenters. The Balaban J connectivity index is 2.53. The summed E-state index contributed by atoms with van der Waals surface area (Å²) in [4.78, 5) is 10.9. The first kappa shape index (κ1) is 10.5. The van der Waals surface area contributed by atoms with E-state index in [-0.39, 0.29) is 0 Å². The molecule has 0 atom stereocenters. The Morgan fingerprint density at radius 3 is 2.33 bits per heavy atom. The number of aromatic nitrogens is 1. The summed E-state index contributed by atoms with van der Waals surface area (Å²) in [5.41, 5.74) is 3.50. The summed E-state index contributed by atoms with van der Waals surface area (Å²) in [6.45, 7) is 8.70. The molecule has 2 rings (SSSR count). The molecule has 1 fully saturated rings. The van der Waals surface area contributed by atoms with Crippen LogP contribution in [-0.4, -0.2) is 10.9 Å². The first-order valence-electron chi connectivity index (χ1n) is 5.67. The molecular formula is C13H19NO. The molecule has 1 aromatic rings. The van der Waals surface area contributed by atoms with Crippen molar-refractivity contribution in [3.05, 3.63) is 23.0 Å². The van der Waals surface area contributed by atoms with Gasteiger partial charge in [0.05, 0.1) is 0 Å². The monoisotopic (exact) mass is 205 g/mol. The largest absolute Gasteiger partial charge is 0.342 e. The molecule has 2 nitrogen and oxygen atoms in total. The van der Waals surface area contributed by atoms with Gasteiger partial charge in [0.25, 0.3) is 0 Å². The summed E-state index contributed by atoms with van der Waals surface area (Å²) >= 11 is 0. The van der Waals surface area contributed by atoms with Gasteiger partial charge in [0, 0.05) is 22.5 Å².